The molecule has 0 aromatic heterocycles. The molecule has 44 heavy (non-hydrogen) atoms. The quantitative estimate of drug-likeness (QED) is 0.433. The maximum absolute atomic E-state index is 15.0. The van der Waals surface area contributed by atoms with Crippen molar-refractivity contribution in [2.45, 2.75) is 43.6 Å². The zero-order valence-corrected chi connectivity index (χ0v) is 25.0. The number of hydrogen-bond donors (Lipinski definition) is 1. The fraction of sp³-hybridized carbons (Fsp3) is 0.361. The van der Waals surface area contributed by atoms with Gasteiger partial charge in [0, 0.05) is 25.3 Å². The molecule has 0 aliphatic carbocycles. The van der Waals surface area contributed by atoms with Crippen molar-refractivity contribution in [3.05, 3.63) is 103 Å². The van der Waals surface area contributed by atoms with E-state index in [-0.39, 0.29) is 30.9 Å². The lowest BCUT2D eigenvalue weighted by Gasteiger charge is -2.40. The van der Waals surface area contributed by atoms with Gasteiger partial charge in [-0.15, -0.1) is 0 Å². The third-order valence-corrected chi connectivity index (χ3v) is 9.81. The second kappa shape index (κ2) is 10.7. The minimum atomic E-state index is -1.41. The first-order chi connectivity index (χ1) is 21.3. The van der Waals surface area contributed by atoms with Gasteiger partial charge in [-0.2, -0.15) is 0 Å². The fourth-order valence-electron chi connectivity index (χ4n) is 7.92. The van der Waals surface area contributed by atoms with E-state index in [0.717, 1.165) is 17.2 Å². The van der Waals surface area contributed by atoms with Crippen LogP contribution in [0.25, 0.3) is 10.8 Å². The molecule has 3 amide bonds. The van der Waals surface area contributed by atoms with Gasteiger partial charge in [0.2, 0.25) is 11.8 Å². The fourth-order valence-corrected chi connectivity index (χ4v) is 7.92. The Bertz CT molecular complexity index is 1690. The van der Waals surface area contributed by atoms with Crippen LogP contribution in [0.5, 0.6) is 0 Å². The van der Waals surface area contributed by atoms with Gasteiger partial charge < -0.3 is 24.5 Å². The summed E-state index contributed by atoms with van der Waals surface area (Å²) in [6.45, 7) is 4.76. The van der Waals surface area contributed by atoms with Gasteiger partial charge in [0.1, 0.15) is 11.6 Å². The molecule has 4 heterocycles. The molecule has 4 aliphatic heterocycles. The van der Waals surface area contributed by atoms with E-state index in [1.807, 2.05) is 111 Å². The lowest BCUT2D eigenvalue weighted by Crippen LogP contribution is -2.57. The van der Waals surface area contributed by atoms with Crippen LogP contribution in [0, 0.1) is 11.8 Å². The summed E-state index contributed by atoms with van der Waals surface area (Å²) in [5.41, 5.74) is -1.08. The van der Waals surface area contributed by atoms with Crippen molar-refractivity contribution in [2.24, 2.45) is 11.8 Å². The topological polar surface area (TPSA) is 90.4 Å². The monoisotopic (exact) mass is 591 g/mol. The standard InChI is InChI=1S/C36H37N3O5/c1-3-19-37-20-9-17-35(2)29(32(37)41)30-33(42)39(28(23-40)25-12-5-4-6-13-25)31-34(43)38(21-10-18-36(30,31)44-35)27-16-15-24-11-7-8-14-26(24)22-27/h4-18,22,28-31,40H,3,19-21,23H2,1-2H3/t28-,29+,30+,31?,35-,36+/m1/s1. The number of carbonyl (C=O) groups excluding carboxylic acids is 3. The second-order valence-electron chi connectivity index (χ2n) is 12.4. The normalized spacial score (nSPS) is 30.3. The molecule has 3 aromatic rings. The van der Waals surface area contributed by atoms with E-state index in [1.54, 1.807) is 9.80 Å². The van der Waals surface area contributed by atoms with Gasteiger partial charge in [-0.05, 0) is 41.8 Å². The molecule has 1 spiro atoms. The second-order valence-corrected chi connectivity index (χ2v) is 12.4. The largest absolute Gasteiger partial charge is 0.394 e. The van der Waals surface area contributed by atoms with E-state index >= 15 is 0 Å². The van der Waals surface area contributed by atoms with E-state index in [0.29, 0.717) is 24.3 Å². The minimum Gasteiger partial charge on any atom is -0.394 e. The third kappa shape index (κ3) is 4.15. The SMILES string of the molecule is CCCN1CC=C[C@@]2(C)O[C@]34C=CCN(c5ccc6ccccc6c5)C(=O)C3N([C@H](CO)c3ccccc3)C(=O)[C@@H]4[C@H]2C1=O. The first kappa shape index (κ1) is 28.5. The molecule has 2 saturated heterocycles. The summed E-state index contributed by atoms with van der Waals surface area (Å²) in [5, 5.41) is 12.8. The molecule has 0 saturated carbocycles. The molecule has 8 nitrogen and oxygen atoms in total. The lowest BCUT2D eigenvalue weighted by atomic mass is 9.74. The Hall–Kier alpha value is -4.27. The Labute approximate surface area is 257 Å². The smallest absolute Gasteiger partial charge is 0.253 e. The van der Waals surface area contributed by atoms with Crippen LogP contribution in [0.3, 0.4) is 0 Å². The number of ether oxygens (including phenoxy) is 1. The number of amides is 3. The van der Waals surface area contributed by atoms with E-state index < -0.39 is 35.1 Å². The highest BCUT2D eigenvalue weighted by atomic mass is 16.5. The van der Waals surface area contributed by atoms with Crippen LogP contribution in [0.2, 0.25) is 0 Å². The summed E-state index contributed by atoms with van der Waals surface area (Å²) in [5.74, 6) is -2.58. The van der Waals surface area contributed by atoms with Gasteiger partial charge in [0.05, 0.1) is 30.1 Å². The van der Waals surface area contributed by atoms with Crippen molar-refractivity contribution in [1.82, 2.24) is 9.80 Å². The summed E-state index contributed by atoms with van der Waals surface area (Å²) in [7, 11) is 0. The Morgan fingerprint density at radius 3 is 2.34 bits per heavy atom. The Balaban J connectivity index is 1.40. The van der Waals surface area contributed by atoms with Crippen molar-refractivity contribution >= 4 is 34.2 Å². The molecule has 7 rings (SSSR count). The molecule has 8 heteroatoms. The van der Waals surface area contributed by atoms with Crippen LogP contribution >= 0.6 is 0 Å². The number of benzene rings is 3. The zero-order valence-electron chi connectivity index (χ0n) is 25.0. The van der Waals surface area contributed by atoms with Crippen LogP contribution < -0.4 is 4.90 Å². The Morgan fingerprint density at radius 2 is 1.59 bits per heavy atom. The van der Waals surface area contributed by atoms with Gasteiger partial charge in [-0.3, -0.25) is 14.4 Å². The van der Waals surface area contributed by atoms with E-state index in [9.17, 15) is 19.5 Å². The van der Waals surface area contributed by atoms with Crippen LogP contribution in [0.1, 0.15) is 31.9 Å². The van der Waals surface area contributed by atoms with Crippen LogP contribution in [0.15, 0.2) is 97.1 Å². The number of anilines is 1. The molecule has 4 aliphatic rings. The predicted molar refractivity (Wildman–Crippen MR) is 168 cm³/mol. The first-order valence-corrected chi connectivity index (χ1v) is 15.5. The first-order valence-electron chi connectivity index (χ1n) is 15.5. The van der Waals surface area contributed by atoms with Crippen molar-refractivity contribution in [3.63, 3.8) is 0 Å². The van der Waals surface area contributed by atoms with Crippen molar-refractivity contribution in [2.75, 3.05) is 31.1 Å². The molecule has 6 atom stereocenters. The summed E-state index contributed by atoms with van der Waals surface area (Å²) < 4.78 is 6.97. The molecular weight excluding hydrogens is 554 g/mol. The summed E-state index contributed by atoms with van der Waals surface area (Å²) >= 11 is 0. The third-order valence-electron chi connectivity index (χ3n) is 9.81. The number of hydrogen-bond acceptors (Lipinski definition) is 5. The van der Waals surface area contributed by atoms with Crippen LogP contribution in [-0.2, 0) is 19.1 Å². The number of nitrogens with zero attached hydrogens (tertiary/aromatic N) is 3. The highest BCUT2D eigenvalue weighted by Crippen LogP contribution is 2.59. The van der Waals surface area contributed by atoms with Gasteiger partial charge in [-0.25, -0.2) is 0 Å². The molecule has 226 valence electrons. The lowest BCUT2D eigenvalue weighted by molar-refractivity contribution is -0.151. The Kier molecular flexibility index (Phi) is 6.94. The summed E-state index contributed by atoms with van der Waals surface area (Å²) in [6.07, 6.45) is 8.36. The molecule has 1 N–H and O–H groups in total. The van der Waals surface area contributed by atoms with Crippen molar-refractivity contribution < 1.29 is 24.2 Å². The molecule has 0 radical (unpaired) electrons. The average Bonchev–Trinajstić information content (AvgIpc) is 3.31. The number of rotatable bonds is 6. The summed E-state index contributed by atoms with van der Waals surface area (Å²) in [6, 6.07) is 21.2. The number of aliphatic hydroxyl groups is 1. The predicted octanol–water partition coefficient (Wildman–Crippen LogP) is 4.26. The molecule has 2 fully saturated rings. The molecular formula is C36H37N3O5. The molecule has 1 unspecified atom stereocenters. The zero-order chi connectivity index (χ0) is 30.6. The maximum atomic E-state index is 15.0. The van der Waals surface area contributed by atoms with E-state index in [2.05, 4.69) is 0 Å². The summed E-state index contributed by atoms with van der Waals surface area (Å²) in [4.78, 5) is 49.0. The number of fused-ring (bicyclic) bond motifs is 3. The van der Waals surface area contributed by atoms with Gasteiger partial charge in [-0.1, -0.05) is 91.9 Å². The van der Waals surface area contributed by atoms with Crippen molar-refractivity contribution in [1.29, 1.82) is 0 Å². The van der Waals surface area contributed by atoms with Gasteiger partial charge >= 0.3 is 0 Å². The Morgan fingerprint density at radius 1 is 0.864 bits per heavy atom. The maximum Gasteiger partial charge on any atom is 0.253 e. The average molecular weight is 592 g/mol. The minimum absolute atomic E-state index is 0.146. The highest BCUT2D eigenvalue weighted by Gasteiger charge is 2.75. The van der Waals surface area contributed by atoms with Crippen molar-refractivity contribution in [3.8, 4) is 0 Å². The number of likely N-dealkylation sites (tertiary alicyclic amines) is 1. The molecule has 0 bridgehead atoms. The molecule has 3 aromatic carbocycles. The highest BCUT2D eigenvalue weighted by molar-refractivity contribution is 6.07. The van der Waals surface area contributed by atoms with Crippen LogP contribution in [-0.4, -0.2) is 76.1 Å². The number of aliphatic hydroxyl groups excluding tert-OH is 1. The van der Waals surface area contributed by atoms with Gasteiger partial charge in [0.25, 0.3) is 5.91 Å². The van der Waals surface area contributed by atoms with E-state index in [1.165, 1.54) is 4.90 Å². The van der Waals surface area contributed by atoms with Crippen LogP contribution in [0.4, 0.5) is 5.69 Å². The van der Waals surface area contributed by atoms with Gasteiger partial charge in [0.15, 0.2) is 0 Å². The van der Waals surface area contributed by atoms with E-state index in [4.69, 9.17) is 4.74 Å². The number of carbonyl (C=O) groups is 3.